The molecule has 0 spiro atoms. The molecule has 0 aliphatic carbocycles. The summed E-state index contributed by atoms with van der Waals surface area (Å²) in [5.74, 6) is 0.626. The van der Waals surface area contributed by atoms with E-state index in [1.807, 2.05) is 18.3 Å². The molecule has 8 heteroatoms. The van der Waals surface area contributed by atoms with E-state index in [1.165, 1.54) is 5.39 Å². The van der Waals surface area contributed by atoms with Gasteiger partial charge in [-0.1, -0.05) is 49.2 Å². The average molecular weight is 471 g/mol. The number of nitrogens with one attached hydrogen (secondary N) is 3. The van der Waals surface area contributed by atoms with Crippen LogP contribution in [0.1, 0.15) is 49.7 Å². The third-order valence-corrected chi connectivity index (χ3v) is 5.96. The SMILES string of the molecule is CNC(=O)CCCCCC(NC(=O)Cc1cnccn1)c1ncc(-c2ccc3ccccc3c2)[nH]1. The molecule has 1 unspecified atom stereocenters. The van der Waals surface area contributed by atoms with Crippen LogP contribution in [0.5, 0.6) is 0 Å². The second kappa shape index (κ2) is 11.9. The van der Waals surface area contributed by atoms with Crippen molar-refractivity contribution >= 4 is 22.6 Å². The highest BCUT2D eigenvalue weighted by atomic mass is 16.2. The maximum Gasteiger partial charge on any atom is 0.226 e. The van der Waals surface area contributed by atoms with Crippen LogP contribution in [0.15, 0.2) is 67.3 Å². The van der Waals surface area contributed by atoms with Crippen LogP contribution < -0.4 is 10.6 Å². The summed E-state index contributed by atoms with van der Waals surface area (Å²) in [6.07, 6.45) is 10.5. The zero-order valence-electron chi connectivity index (χ0n) is 19.8. The number of aromatic amines is 1. The predicted molar refractivity (Wildman–Crippen MR) is 135 cm³/mol. The maximum absolute atomic E-state index is 12.8. The molecule has 180 valence electrons. The van der Waals surface area contributed by atoms with E-state index in [2.05, 4.69) is 60.9 Å². The molecule has 2 heterocycles. The van der Waals surface area contributed by atoms with Crippen molar-refractivity contribution in [1.29, 1.82) is 0 Å². The lowest BCUT2D eigenvalue weighted by Crippen LogP contribution is -2.31. The highest BCUT2D eigenvalue weighted by molar-refractivity contribution is 5.86. The molecule has 0 bridgehead atoms. The van der Waals surface area contributed by atoms with E-state index in [1.54, 1.807) is 25.6 Å². The zero-order chi connectivity index (χ0) is 24.5. The minimum Gasteiger partial charge on any atom is -0.359 e. The minimum absolute atomic E-state index is 0.0462. The van der Waals surface area contributed by atoms with Gasteiger partial charge in [-0.15, -0.1) is 0 Å². The van der Waals surface area contributed by atoms with Crippen LogP contribution in [0.25, 0.3) is 22.0 Å². The highest BCUT2D eigenvalue weighted by Crippen LogP contribution is 2.26. The fourth-order valence-corrected chi connectivity index (χ4v) is 4.06. The van der Waals surface area contributed by atoms with Crippen molar-refractivity contribution in [3.05, 3.63) is 78.8 Å². The Hall–Kier alpha value is -4.07. The molecule has 35 heavy (non-hydrogen) atoms. The van der Waals surface area contributed by atoms with Crippen molar-refractivity contribution < 1.29 is 9.59 Å². The first-order valence-electron chi connectivity index (χ1n) is 11.9. The van der Waals surface area contributed by atoms with Crippen molar-refractivity contribution in [2.24, 2.45) is 0 Å². The minimum atomic E-state index is -0.270. The fraction of sp³-hybridized carbons (Fsp3) is 0.296. The first-order valence-corrected chi connectivity index (χ1v) is 11.9. The van der Waals surface area contributed by atoms with Gasteiger partial charge in [0.25, 0.3) is 0 Å². The van der Waals surface area contributed by atoms with Crippen molar-refractivity contribution in [2.45, 2.75) is 44.6 Å². The second-order valence-corrected chi connectivity index (χ2v) is 8.51. The molecule has 4 aromatic rings. The molecule has 0 aliphatic heterocycles. The second-order valence-electron chi connectivity index (χ2n) is 8.51. The number of amides is 2. The smallest absolute Gasteiger partial charge is 0.226 e. The average Bonchev–Trinajstić information content (AvgIpc) is 3.38. The molecule has 8 nitrogen and oxygen atoms in total. The predicted octanol–water partition coefficient (Wildman–Crippen LogP) is 4.12. The number of benzene rings is 2. The highest BCUT2D eigenvalue weighted by Gasteiger charge is 2.19. The van der Waals surface area contributed by atoms with Crippen molar-refractivity contribution in [1.82, 2.24) is 30.6 Å². The van der Waals surface area contributed by atoms with Crippen LogP contribution in [-0.2, 0) is 16.0 Å². The molecule has 0 radical (unpaired) electrons. The number of hydrogen-bond acceptors (Lipinski definition) is 5. The van der Waals surface area contributed by atoms with Crippen molar-refractivity contribution in [3.8, 4) is 11.3 Å². The molecule has 0 saturated heterocycles. The topological polar surface area (TPSA) is 113 Å². The Balaban J connectivity index is 1.46. The van der Waals surface area contributed by atoms with Crippen molar-refractivity contribution in [3.63, 3.8) is 0 Å². The van der Waals surface area contributed by atoms with E-state index < -0.39 is 0 Å². The summed E-state index contributed by atoms with van der Waals surface area (Å²) < 4.78 is 0. The van der Waals surface area contributed by atoms with Crippen LogP contribution in [0.2, 0.25) is 0 Å². The van der Waals surface area contributed by atoms with Gasteiger partial charge in [0.15, 0.2) is 0 Å². The van der Waals surface area contributed by atoms with Gasteiger partial charge < -0.3 is 15.6 Å². The lowest BCUT2D eigenvalue weighted by atomic mass is 10.1. The summed E-state index contributed by atoms with van der Waals surface area (Å²) in [5, 5.41) is 8.10. The molecule has 0 fully saturated rings. The molecule has 0 aliphatic rings. The summed E-state index contributed by atoms with van der Waals surface area (Å²) in [6.45, 7) is 0. The van der Waals surface area contributed by atoms with Gasteiger partial charge in [-0.2, -0.15) is 0 Å². The third-order valence-electron chi connectivity index (χ3n) is 5.96. The number of carbonyl (C=O) groups is 2. The van der Waals surface area contributed by atoms with E-state index in [9.17, 15) is 9.59 Å². The number of aromatic nitrogens is 4. The van der Waals surface area contributed by atoms with Gasteiger partial charge in [-0.3, -0.25) is 19.6 Å². The van der Waals surface area contributed by atoms with Crippen molar-refractivity contribution in [2.75, 3.05) is 7.05 Å². The Morgan fingerprint density at radius 2 is 1.80 bits per heavy atom. The Labute approximate surface area is 204 Å². The summed E-state index contributed by atoms with van der Waals surface area (Å²) >= 11 is 0. The molecule has 2 aromatic heterocycles. The molecular weight excluding hydrogens is 440 g/mol. The van der Waals surface area contributed by atoms with E-state index >= 15 is 0 Å². The van der Waals surface area contributed by atoms with E-state index in [0.717, 1.165) is 35.9 Å². The first kappa shape index (κ1) is 24.1. The number of rotatable bonds is 11. The van der Waals surface area contributed by atoms with Gasteiger partial charge in [-0.05, 0) is 29.7 Å². The van der Waals surface area contributed by atoms with E-state index in [4.69, 9.17) is 0 Å². The monoisotopic (exact) mass is 470 g/mol. The van der Waals surface area contributed by atoms with Gasteiger partial charge in [0, 0.05) is 37.6 Å². The quantitative estimate of drug-likeness (QED) is 0.286. The summed E-state index contributed by atoms with van der Waals surface area (Å²) in [5.41, 5.74) is 2.56. The summed E-state index contributed by atoms with van der Waals surface area (Å²) in [4.78, 5) is 40.5. The van der Waals surface area contributed by atoms with E-state index in [0.29, 0.717) is 24.4 Å². The van der Waals surface area contributed by atoms with Crippen LogP contribution in [0.4, 0.5) is 0 Å². The molecule has 2 aromatic carbocycles. The number of unbranched alkanes of at least 4 members (excludes halogenated alkanes) is 2. The molecule has 2 amide bonds. The zero-order valence-corrected chi connectivity index (χ0v) is 19.8. The third kappa shape index (κ3) is 6.72. The van der Waals surface area contributed by atoms with Crippen LogP contribution in [0, 0.1) is 0 Å². The molecule has 3 N–H and O–H groups in total. The largest absolute Gasteiger partial charge is 0.359 e. The fourth-order valence-electron chi connectivity index (χ4n) is 4.06. The lowest BCUT2D eigenvalue weighted by molar-refractivity contribution is -0.121. The van der Waals surface area contributed by atoms with Crippen LogP contribution in [0.3, 0.4) is 0 Å². The normalized spacial score (nSPS) is 11.8. The first-order chi connectivity index (χ1) is 17.1. The van der Waals surface area contributed by atoms with E-state index in [-0.39, 0.29) is 24.3 Å². The summed E-state index contributed by atoms with van der Waals surface area (Å²) in [6, 6.07) is 14.3. The van der Waals surface area contributed by atoms with Crippen LogP contribution >= 0.6 is 0 Å². The number of H-pyrrole nitrogens is 1. The van der Waals surface area contributed by atoms with Gasteiger partial charge in [0.2, 0.25) is 11.8 Å². The lowest BCUT2D eigenvalue weighted by Gasteiger charge is -2.17. The van der Waals surface area contributed by atoms with Gasteiger partial charge >= 0.3 is 0 Å². The van der Waals surface area contributed by atoms with Gasteiger partial charge in [0.05, 0.1) is 30.0 Å². The number of carbonyl (C=O) groups excluding carboxylic acids is 2. The maximum atomic E-state index is 12.8. The summed E-state index contributed by atoms with van der Waals surface area (Å²) in [7, 11) is 1.65. The number of hydrogen-bond donors (Lipinski definition) is 3. The Bertz CT molecular complexity index is 1270. The van der Waals surface area contributed by atoms with Gasteiger partial charge in [-0.25, -0.2) is 4.98 Å². The number of nitrogens with zero attached hydrogens (tertiary/aromatic N) is 3. The Morgan fingerprint density at radius 3 is 2.60 bits per heavy atom. The Morgan fingerprint density at radius 1 is 0.943 bits per heavy atom. The Kier molecular flexibility index (Phi) is 8.17. The number of fused-ring (bicyclic) bond motifs is 1. The molecular formula is C27H30N6O2. The van der Waals surface area contributed by atoms with Gasteiger partial charge in [0.1, 0.15) is 5.82 Å². The molecule has 0 saturated carbocycles. The molecule has 1 atom stereocenters. The van der Waals surface area contributed by atoms with Crippen LogP contribution in [-0.4, -0.2) is 38.8 Å². The molecule has 4 rings (SSSR count). The number of imidazole rings is 1. The standard InChI is InChI=1S/C27H30N6O2/c1-28-25(34)10-4-2-3-9-23(32-26(35)16-22-17-29-13-14-30-22)27-31-18-24(33-27)21-12-11-19-7-5-6-8-20(19)15-21/h5-8,11-15,17-18,23H,2-4,9-10,16H2,1H3,(H,28,34)(H,31,33)(H,32,35).